The second kappa shape index (κ2) is 3.44. The summed E-state index contributed by atoms with van der Waals surface area (Å²) in [5, 5.41) is 0. The number of carbonyl (C=O) groups excluding carboxylic acids is 1. The molecule has 12 heavy (non-hydrogen) atoms. The maximum Gasteiger partial charge on any atom is 0.224 e. The molecule has 0 saturated carbocycles. The summed E-state index contributed by atoms with van der Waals surface area (Å²) >= 11 is 0. The molecule has 1 aliphatic rings. The Morgan fingerprint density at radius 1 is 1.67 bits per heavy atom. The topological polar surface area (TPSA) is 46.3 Å². The molecule has 2 N–H and O–H groups in total. The average molecular weight is 170 g/mol. The van der Waals surface area contributed by atoms with Gasteiger partial charge in [0.15, 0.2) is 0 Å². The Morgan fingerprint density at radius 2 is 2.33 bits per heavy atom. The SMILES string of the molecule is CCCN1CCC(C)(C(N)=O)C1. The Balaban J connectivity index is 2.49. The summed E-state index contributed by atoms with van der Waals surface area (Å²) in [6.45, 7) is 7.07. The van der Waals surface area contributed by atoms with Gasteiger partial charge in [-0.25, -0.2) is 0 Å². The van der Waals surface area contributed by atoms with Crippen molar-refractivity contribution in [3.8, 4) is 0 Å². The molecule has 3 nitrogen and oxygen atoms in total. The maximum absolute atomic E-state index is 11.1. The third-order valence-corrected chi connectivity index (χ3v) is 2.69. The predicted molar refractivity (Wildman–Crippen MR) is 48.6 cm³/mol. The van der Waals surface area contributed by atoms with Gasteiger partial charge in [0.25, 0.3) is 0 Å². The number of amides is 1. The summed E-state index contributed by atoms with van der Waals surface area (Å²) in [4.78, 5) is 13.4. The van der Waals surface area contributed by atoms with Gasteiger partial charge >= 0.3 is 0 Å². The number of nitrogens with two attached hydrogens (primary N) is 1. The summed E-state index contributed by atoms with van der Waals surface area (Å²) in [5.74, 6) is -0.152. The van der Waals surface area contributed by atoms with E-state index in [2.05, 4.69) is 11.8 Å². The minimum Gasteiger partial charge on any atom is -0.369 e. The summed E-state index contributed by atoms with van der Waals surface area (Å²) in [6.07, 6.45) is 2.07. The Labute approximate surface area is 73.9 Å². The van der Waals surface area contributed by atoms with E-state index in [0.29, 0.717) is 0 Å². The minimum absolute atomic E-state index is 0.152. The van der Waals surface area contributed by atoms with Crippen LogP contribution < -0.4 is 5.73 Å². The highest BCUT2D eigenvalue weighted by Gasteiger charge is 2.38. The first-order chi connectivity index (χ1) is 5.58. The van der Waals surface area contributed by atoms with E-state index in [1.54, 1.807) is 0 Å². The normalized spacial score (nSPS) is 30.8. The molecule has 0 aliphatic carbocycles. The number of carbonyl (C=O) groups is 1. The van der Waals surface area contributed by atoms with Gasteiger partial charge in [-0.15, -0.1) is 0 Å². The van der Waals surface area contributed by atoms with Crippen LogP contribution in [-0.4, -0.2) is 30.4 Å². The lowest BCUT2D eigenvalue weighted by Crippen LogP contribution is -2.37. The number of nitrogens with zero attached hydrogens (tertiary/aromatic N) is 1. The second-order valence-corrected chi connectivity index (χ2v) is 3.95. The van der Waals surface area contributed by atoms with Crippen LogP contribution in [0, 0.1) is 5.41 Å². The first-order valence-electron chi connectivity index (χ1n) is 4.61. The van der Waals surface area contributed by atoms with Gasteiger partial charge in [-0.3, -0.25) is 4.79 Å². The van der Waals surface area contributed by atoms with E-state index in [1.165, 1.54) is 0 Å². The van der Waals surface area contributed by atoms with Crippen LogP contribution in [0.5, 0.6) is 0 Å². The molecular weight excluding hydrogens is 152 g/mol. The van der Waals surface area contributed by atoms with E-state index in [0.717, 1.165) is 32.5 Å². The number of likely N-dealkylation sites (tertiary alicyclic amines) is 1. The van der Waals surface area contributed by atoms with Crippen molar-refractivity contribution < 1.29 is 4.79 Å². The van der Waals surface area contributed by atoms with Crippen molar-refractivity contribution in [1.82, 2.24) is 4.90 Å². The average Bonchev–Trinajstić information content (AvgIpc) is 2.34. The summed E-state index contributed by atoms with van der Waals surface area (Å²) in [7, 11) is 0. The molecule has 0 bridgehead atoms. The minimum atomic E-state index is -0.269. The molecule has 1 saturated heterocycles. The molecule has 0 radical (unpaired) electrons. The Morgan fingerprint density at radius 3 is 2.75 bits per heavy atom. The van der Waals surface area contributed by atoms with E-state index in [1.807, 2.05) is 6.92 Å². The zero-order valence-corrected chi connectivity index (χ0v) is 7.97. The predicted octanol–water partition coefficient (Wildman–Crippen LogP) is 0.594. The van der Waals surface area contributed by atoms with E-state index in [4.69, 9.17) is 5.73 Å². The Hall–Kier alpha value is -0.570. The van der Waals surface area contributed by atoms with E-state index in [-0.39, 0.29) is 11.3 Å². The maximum atomic E-state index is 11.1. The number of hydrogen-bond donors (Lipinski definition) is 1. The van der Waals surface area contributed by atoms with E-state index >= 15 is 0 Å². The lowest BCUT2D eigenvalue weighted by Gasteiger charge is -2.20. The van der Waals surface area contributed by atoms with Gasteiger partial charge in [0.2, 0.25) is 5.91 Å². The van der Waals surface area contributed by atoms with Crippen LogP contribution >= 0.6 is 0 Å². The molecule has 1 atom stereocenters. The molecular formula is C9H18N2O. The zero-order valence-electron chi connectivity index (χ0n) is 7.97. The van der Waals surface area contributed by atoms with Gasteiger partial charge in [0, 0.05) is 6.54 Å². The van der Waals surface area contributed by atoms with Gasteiger partial charge < -0.3 is 10.6 Å². The van der Waals surface area contributed by atoms with Crippen molar-refractivity contribution in [3.63, 3.8) is 0 Å². The van der Waals surface area contributed by atoms with Gasteiger partial charge in [-0.05, 0) is 32.9 Å². The summed E-state index contributed by atoms with van der Waals surface area (Å²) in [6, 6.07) is 0. The van der Waals surface area contributed by atoms with Crippen molar-refractivity contribution in [3.05, 3.63) is 0 Å². The van der Waals surface area contributed by atoms with Crippen molar-refractivity contribution in [2.45, 2.75) is 26.7 Å². The van der Waals surface area contributed by atoms with Gasteiger partial charge in [0.1, 0.15) is 0 Å². The van der Waals surface area contributed by atoms with Gasteiger partial charge in [0.05, 0.1) is 5.41 Å². The zero-order chi connectivity index (χ0) is 9.19. The van der Waals surface area contributed by atoms with Crippen molar-refractivity contribution in [2.24, 2.45) is 11.1 Å². The molecule has 0 aromatic carbocycles. The second-order valence-electron chi connectivity index (χ2n) is 3.95. The number of hydrogen-bond acceptors (Lipinski definition) is 2. The van der Waals surface area contributed by atoms with Crippen LogP contribution in [0.25, 0.3) is 0 Å². The Bertz CT molecular complexity index is 181. The molecule has 0 aromatic rings. The fourth-order valence-corrected chi connectivity index (χ4v) is 1.76. The largest absolute Gasteiger partial charge is 0.369 e. The number of primary amides is 1. The molecule has 0 aromatic heterocycles. The fraction of sp³-hybridized carbons (Fsp3) is 0.889. The van der Waals surface area contributed by atoms with Gasteiger partial charge in [-0.1, -0.05) is 6.92 Å². The van der Waals surface area contributed by atoms with Crippen molar-refractivity contribution in [2.75, 3.05) is 19.6 Å². The lowest BCUT2D eigenvalue weighted by molar-refractivity contribution is -0.126. The molecule has 1 aliphatic heterocycles. The summed E-state index contributed by atoms with van der Waals surface area (Å²) < 4.78 is 0. The highest BCUT2D eigenvalue weighted by Crippen LogP contribution is 2.29. The third kappa shape index (κ3) is 1.78. The molecule has 1 unspecified atom stereocenters. The molecule has 1 fully saturated rings. The molecule has 70 valence electrons. The van der Waals surface area contributed by atoms with E-state index < -0.39 is 0 Å². The third-order valence-electron chi connectivity index (χ3n) is 2.69. The van der Waals surface area contributed by atoms with Crippen LogP contribution in [0.15, 0.2) is 0 Å². The molecule has 0 spiro atoms. The highest BCUT2D eigenvalue weighted by molar-refractivity contribution is 5.81. The van der Waals surface area contributed by atoms with Gasteiger partial charge in [-0.2, -0.15) is 0 Å². The van der Waals surface area contributed by atoms with E-state index in [9.17, 15) is 4.79 Å². The van der Waals surface area contributed by atoms with Crippen molar-refractivity contribution in [1.29, 1.82) is 0 Å². The smallest absolute Gasteiger partial charge is 0.224 e. The van der Waals surface area contributed by atoms with Crippen molar-refractivity contribution >= 4 is 5.91 Å². The first kappa shape index (κ1) is 9.52. The highest BCUT2D eigenvalue weighted by atomic mass is 16.1. The molecule has 1 amide bonds. The fourth-order valence-electron chi connectivity index (χ4n) is 1.76. The standard InChI is InChI=1S/C9H18N2O/c1-3-5-11-6-4-9(2,7-11)8(10)12/h3-7H2,1-2H3,(H2,10,12). The lowest BCUT2D eigenvalue weighted by atomic mass is 9.89. The quantitative estimate of drug-likeness (QED) is 0.674. The van der Waals surface area contributed by atoms with Crippen LogP contribution in [0.1, 0.15) is 26.7 Å². The summed E-state index contributed by atoms with van der Waals surface area (Å²) in [5.41, 5.74) is 5.06. The van der Waals surface area contributed by atoms with Crippen LogP contribution in [0.4, 0.5) is 0 Å². The first-order valence-corrected chi connectivity index (χ1v) is 4.61. The molecule has 1 rings (SSSR count). The van der Waals surface area contributed by atoms with Crippen LogP contribution in [0.3, 0.4) is 0 Å². The molecule has 3 heteroatoms. The number of rotatable bonds is 3. The molecule has 1 heterocycles. The van der Waals surface area contributed by atoms with Crippen LogP contribution in [0.2, 0.25) is 0 Å². The Kier molecular flexibility index (Phi) is 2.73. The monoisotopic (exact) mass is 170 g/mol. The van der Waals surface area contributed by atoms with Crippen LogP contribution in [-0.2, 0) is 4.79 Å².